The number of halogens is 3. The summed E-state index contributed by atoms with van der Waals surface area (Å²) in [7, 11) is 0. The normalized spacial score (nSPS) is 10.7. The van der Waals surface area contributed by atoms with E-state index in [1.165, 1.54) is 24.3 Å². The highest BCUT2D eigenvalue weighted by Gasteiger charge is 2.26. The summed E-state index contributed by atoms with van der Waals surface area (Å²) in [5, 5.41) is 19.5. The first-order valence-electron chi connectivity index (χ1n) is 8.87. The maximum absolute atomic E-state index is 13.8. The zero-order valence-electron chi connectivity index (χ0n) is 16.0. The Morgan fingerprint density at radius 2 is 1.83 bits per heavy atom. The van der Waals surface area contributed by atoms with Crippen molar-refractivity contribution in [1.82, 2.24) is 4.57 Å². The van der Waals surface area contributed by atoms with Crippen molar-refractivity contribution in [3.05, 3.63) is 79.3 Å². The van der Waals surface area contributed by atoms with Crippen LogP contribution in [0.1, 0.15) is 28.5 Å². The molecule has 152 valence electrons. The first-order valence-corrected chi connectivity index (χ1v) is 9.62. The van der Waals surface area contributed by atoms with Gasteiger partial charge in [-0.05, 0) is 43.7 Å². The number of nitrogens with zero attached hydrogens (tertiary/aromatic N) is 2. The van der Waals surface area contributed by atoms with Crippen LogP contribution in [-0.2, 0) is 6.54 Å². The van der Waals surface area contributed by atoms with Gasteiger partial charge in [-0.3, -0.25) is 4.79 Å². The van der Waals surface area contributed by atoms with Crippen molar-refractivity contribution < 1.29 is 14.3 Å². The lowest BCUT2D eigenvalue weighted by Crippen LogP contribution is -2.25. The Hall–Kier alpha value is -3.14. The van der Waals surface area contributed by atoms with Gasteiger partial charge in [0.15, 0.2) is 0 Å². The SMILES string of the molecule is CCn1c(C)c(-c2ccc(F)c(C#N)c2)c(=O)c(C(=O)O)c1-c1ccc(Cl)c(Cl)c1. The minimum atomic E-state index is -1.41. The Morgan fingerprint density at radius 3 is 2.40 bits per heavy atom. The molecule has 1 N–H and O–H groups in total. The smallest absolute Gasteiger partial charge is 0.341 e. The van der Waals surface area contributed by atoms with E-state index in [0.29, 0.717) is 22.8 Å². The molecule has 0 unspecified atom stereocenters. The molecule has 8 heteroatoms. The van der Waals surface area contributed by atoms with Crippen LogP contribution in [0, 0.1) is 24.1 Å². The number of rotatable bonds is 4. The molecule has 0 aliphatic rings. The van der Waals surface area contributed by atoms with Gasteiger partial charge in [0.05, 0.1) is 21.3 Å². The Labute approximate surface area is 181 Å². The number of hydrogen-bond donors (Lipinski definition) is 1. The summed E-state index contributed by atoms with van der Waals surface area (Å²) in [4.78, 5) is 25.4. The molecule has 0 fully saturated rings. The average Bonchev–Trinajstić information content (AvgIpc) is 2.70. The predicted molar refractivity (Wildman–Crippen MR) is 114 cm³/mol. The molecule has 1 aromatic heterocycles. The second-order valence-electron chi connectivity index (χ2n) is 6.50. The molecule has 0 saturated heterocycles. The summed E-state index contributed by atoms with van der Waals surface area (Å²) >= 11 is 12.1. The van der Waals surface area contributed by atoms with Crippen molar-refractivity contribution in [2.24, 2.45) is 0 Å². The van der Waals surface area contributed by atoms with Gasteiger partial charge in [0.25, 0.3) is 0 Å². The second kappa shape index (κ2) is 8.31. The van der Waals surface area contributed by atoms with Crippen molar-refractivity contribution in [3.8, 4) is 28.5 Å². The van der Waals surface area contributed by atoms with Crippen molar-refractivity contribution >= 4 is 29.2 Å². The number of pyridine rings is 1. The number of hydrogen-bond acceptors (Lipinski definition) is 3. The Kier molecular flexibility index (Phi) is 5.97. The number of benzene rings is 2. The van der Waals surface area contributed by atoms with Crippen LogP contribution in [-0.4, -0.2) is 15.6 Å². The van der Waals surface area contributed by atoms with Crippen LogP contribution in [0.2, 0.25) is 10.0 Å². The number of carbonyl (C=O) groups is 1. The lowest BCUT2D eigenvalue weighted by Gasteiger charge is -2.21. The van der Waals surface area contributed by atoms with Crippen LogP contribution < -0.4 is 5.43 Å². The molecule has 0 radical (unpaired) electrons. The van der Waals surface area contributed by atoms with E-state index >= 15 is 0 Å². The Morgan fingerprint density at radius 1 is 1.17 bits per heavy atom. The highest BCUT2D eigenvalue weighted by Crippen LogP contribution is 2.33. The average molecular weight is 445 g/mol. The zero-order valence-corrected chi connectivity index (χ0v) is 17.5. The van der Waals surface area contributed by atoms with Gasteiger partial charge in [0.1, 0.15) is 17.4 Å². The van der Waals surface area contributed by atoms with Gasteiger partial charge in [-0.25, -0.2) is 9.18 Å². The summed E-state index contributed by atoms with van der Waals surface area (Å²) in [5.74, 6) is -2.13. The van der Waals surface area contributed by atoms with E-state index in [2.05, 4.69) is 0 Å². The van der Waals surface area contributed by atoms with E-state index in [-0.39, 0.29) is 27.4 Å². The fraction of sp³-hybridized carbons (Fsp3) is 0.136. The second-order valence-corrected chi connectivity index (χ2v) is 7.31. The minimum absolute atomic E-state index is 0.0922. The van der Waals surface area contributed by atoms with Crippen molar-refractivity contribution in [3.63, 3.8) is 0 Å². The molecular weight excluding hydrogens is 430 g/mol. The molecule has 0 atom stereocenters. The van der Waals surface area contributed by atoms with Crippen LogP contribution in [0.4, 0.5) is 4.39 Å². The number of carboxylic acids is 1. The highest BCUT2D eigenvalue weighted by molar-refractivity contribution is 6.42. The fourth-order valence-electron chi connectivity index (χ4n) is 3.48. The van der Waals surface area contributed by atoms with Gasteiger partial charge >= 0.3 is 5.97 Å². The predicted octanol–water partition coefficient (Wildman–Crippen LogP) is 5.53. The topological polar surface area (TPSA) is 83.1 Å². The first-order chi connectivity index (χ1) is 14.2. The molecule has 30 heavy (non-hydrogen) atoms. The number of aromatic carboxylic acids is 1. The molecular formula is C22H15Cl2FN2O3. The molecule has 3 rings (SSSR count). The lowest BCUT2D eigenvalue weighted by molar-refractivity contribution is 0.0695. The Balaban J connectivity index is 2.46. The van der Waals surface area contributed by atoms with Gasteiger partial charge in [-0.15, -0.1) is 0 Å². The fourth-order valence-corrected chi connectivity index (χ4v) is 3.78. The van der Waals surface area contributed by atoms with E-state index in [9.17, 15) is 19.1 Å². The molecule has 3 aromatic rings. The Bertz CT molecular complexity index is 1290. The maximum atomic E-state index is 13.8. The van der Waals surface area contributed by atoms with E-state index < -0.39 is 22.8 Å². The molecule has 0 aliphatic carbocycles. The van der Waals surface area contributed by atoms with Crippen LogP contribution in [0.15, 0.2) is 41.2 Å². The summed E-state index contributed by atoms with van der Waals surface area (Å²) in [6.45, 7) is 3.82. The lowest BCUT2D eigenvalue weighted by atomic mass is 9.95. The van der Waals surface area contributed by atoms with Crippen molar-refractivity contribution in [1.29, 1.82) is 5.26 Å². The number of nitriles is 1. The molecule has 0 aliphatic heterocycles. The zero-order chi connectivity index (χ0) is 22.2. The van der Waals surface area contributed by atoms with E-state index in [4.69, 9.17) is 28.5 Å². The molecule has 0 bridgehead atoms. The van der Waals surface area contributed by atoms with Crippen molar-refractivity contribution in [2.75, 3.05) is 0 Å². The molecule has 1 heterocycles. The summed E-state index contributed by atoms with van der Waals surface area (Å²) in [5.41, 5.74) is 0.0313. The molecule has 0 amide bonds. The van der Waals surface area contributed by atoms with E-state index in [1.54, 1.807) is 30.6 Å². The van der Waals surface area contributed by atoms with Gasteiger partial charge in [-0.1, -0.05) is 35.3 Å². The van der Waals surface area contributed by atoms with Gasteiger partial charge in [0.2, 0.25) is 5.43 Å². The third-order valence-electron chi connectivity index (χ3n) is 4.83. The van der Waals surface area contributed by atoms with Crippen LogP contribution in [0.25, 0.3) is 22.4 Å². The third kappa shape index (κ3) is 3.58. The minimum Gasteiger partial charge on any atom is -0.477 e. The molecule has 0 saturated carbocycles. The number of carboxylic acid groups (broad SMARTS) is 1. The van der Waals surface area contributed by atoms with E-state index in [1.807, 2.05) is 0 Å². The summed E-state index contributed by atoms with van der Waals surface area (Å²) in [6.07, 6.45) is 0. The maximum Gasteiger partial charge on any atom is 0.341 e. The van der Waals surface area contributed by atoms with E-state index in [0.717, 1.165) is 6.07 Å². The summed E-state index contributed by atoms with van der Waals surface area (Å²) < 4.78 is 15.4. The molecule has 2 aromatic carbocycles. The van der Waals surface area contributed by atoms with Gasteiger partial charge in [0, 0.05) is 23.4 Å². The third-order valence-corrected chi connectivity index (χ3v) is 5.57. The van der Waals surface area contributed by atoms with Crippen LogP contribution >= 0.6 is 23.2 Å². The standard InChI is InChI=1S/C22H15Cl2FN2O3/c1-3-27-11(2)18(12-5-7-17(25)14(8-12)10-26)21(28)19(22(29)30)20(27)13-4-6-15(23)16(24)9-13/h4-9H,3H2,1-2H3,(H,29,30). The monoisotopic (exact) mass is 444 g/mol. The number of aromatic nitrogens is 1. The molecule has 0 spiro atoms. The van der Waals surface area contributed by atoms with Crippen LogP contribution in [0.5, 0.6) is 0 Å². The van der Waals surface area contributed by atoms with Crippen molar-refractivity contribution in [2.45, 2.75) is 20.4 Å². The summed E-state index contributed by atoms with van der Waals surface area (Å²) in [6, 6.07) is 10.0. The van der Waals surface area contributed by atoms with Crippen LogP contribution in [0.3, 0.4) is 0 Å². The van der Waals surface area contributed by atoms with Gasteiger partial charge in [-0.2, -0.15) is 5.26 Å². The quantitative estimate of drug-likeness (QED) is 0.573. The molecule has 5 nitrogen and oxygen atoms in total. The first kappa shape index (κ1) is 21.6. The highest BCUT2D eigenvalue weighted by atomic mass is 35.5. The van der Waals surface area contributed by atoms with Gasteiger partial charge < -0.3 is 9.67 Å². The largest absolute Gasteiger partial charge is 0.477 e.